The lowest BCUT2D eigenvalue weighted by atomic mass is 9.92. The number of likely N-dealkylation sites (tertiary alicyclic amines) is 1. The van der Waals surface area contributed by atoms with Crippen LogP contribution in [-0.2, 0) is 6.42 Å². The van der Waals surface area contributed by atoms with E-state index in [0.717, 1.165) is 68.6 Å². The fourth-order valence-electron chi connectivity index (χ4n) is 3.55. The molecule has 0 unspecified atom stereocenters. The van der Waals surface area contributed by atoms with Gasteiger partial charge in [0, 0.05) is 19.5 Å². The SMILES string of the molecule is CCc1oc(C(=O)N2CC[C@@H]3CNC[C@@H]3CC2)cc1C.Cl. The Balaban J connectivity index is 0.00000161. The maximum absolute atomic E-state index is 12.6. The highest BCUT2D eigenvalue weighted by atomic mass is 35.5. The first kappa shape index (κ1) is 16.4. The van der Waals surface area contributed by atoms with Crippen molar-refractivity contribution in [1.29, 1.82) is 0 Å². The van der Waals surface area contributed by atoms with E-state index in [-0.39, 0.29) is 18.3 Å². The monoisotopic (exact) mass is 312 g/mol. The van der Waals surface area contributed by atoms with Crippen LogP contribution in [0.1, 0.15) is 41.6 Å². The molecule has 0 spiro atoms. The lowest BCUT2D eigenvalue weighted by Crippen LogP contribution is -2.32. The highest BCUT2D eigenvalue weighted by molar-refractivity contribution is 5.91. The number of halogens is 1. The number of hydrogen-bond acceptors (Lipinski definition) is 3. The van der Waals surface area contributed by atoms with Gasteiger partial charge in [-0.25, -0.2) is 0 Å². The Morgan fingerprint density at radius 1 is 1.33 bits per heavy atom. The minimum Gasteiger partial charge on any atom is -0.456 e. The van der Waals surface area contributed by atoms with Crippen molar-refractivity contribution in [2.45, 2.75) is 33.1 Å². The van der Waals surface area contributed by atoms with Crippen LogP contribution in [0.25, 0.3) is 0 Å². The van der Waals surface area contributed by atoms with Gasteiger partial charge in [0.1, 0.15) is 5.76 Å². The predicted molar refractivity (Wildman–Crippen MR) is 85.1 cm³/mol. The normalized spacial score (nSPS) is 25.1. The summed E-state index contributed by atoms with van der Waals surface area (Å²) in [6.45, 7) is 8.03. The Hall–Kier alpha value is -1.00. The smallest absolute Gasteiger partial charge is 0.289 e. The van der Waals surface area contributed by atoms with E-state index in [2.05, 4.69) is 12.2 Å². The molecular weight excluding hydrogens is 288 g/mol. The minimum atomic E-state index is 0. The number of furan rings is 1. The summed E-state index contributed by atoms with van der Waals surface area (Å²) in [5.74, 6) is 3.02. The Morgan fingerprint density at radius 3 is 2.48 bits per heavy atom. The second kappa shape index (κ2) is 6.84. The molecule has 1 amide bonds. The van der Waals surface area contributed by atoms with Gasteiger partial charge in [0.25, 0.3) is 5.91 Å². The third-order valence-electron chi connectivity index (χ3n) is 4.86. The van der Waals surface area contributed by atoms with Crippen molar-refractivity contribution < 1.29 is 9.21 Å². The van der Waals surface area contributed by atoms with Crippen LogP contribution in [0.3, 0.4) is 0 Å². The van der Waals surface area contributed by atoms with Gasteiger partial charge >= 0.3 is 0 Å². The van der Waals surface area contributed by atoms with Gasteiger partial charge in [-0.05, 0) is 56.3 Å². The highest BCUT2D eigenvalue weighted by Gasteiger charge is 2.32. The highest BCUT2D eigenvalue weighted by Crippen LogP contribution is 2.28. The molecule has 0 aliphatic carbocycles. The summed E-state index contributed by atoms with van der Waals surface area (Å²) in [5.41, 5.74) is 1.09. The van der Waals surface area contributed by atoms with Gasteiger partial charge in [-0.3, -0.25) is 4.79 Å². The van der Waals surface area contributed by atoms with Crippen LogP contribution in [0, 0.1) is 18.8 Å². The molecule has 0 saturated carbocycles. The lowest BCUT2D eigenvalue weighted by Gasteiger charge is -2.19. The van der Waals surface area contributed by atoms with Crippen molar-refractivity contribution in [3.63, 3.8) is 0 Å². The summed E-state index contributed by atoms with van der Waals surface area (Å²) in [6.07, 6.45) is 3.07. The molecule has 0 radical (unpaired) electrons. The summed E-state index contributed by atoms with van der Waals surface area (Å²) in [6, 6.07) is 1.90. The zero-order valence-corrected chi connectivity index (χ0v) is 13.7. The standard InChI is InChI=1S/C16H24N2O2.ClH/c1-3-14-11(2)8-15(20-14)16(19)18-6-4-12-9-17-10-13(12)5-7-18;/h8,12-13,17H,3-7,9-10H2,1-2H3;1H/t12-,13+;. The van der Waals surface area contributed by atoms with Crippen molar-refractivity contribution in [2.75, 3.05) is 26.2 Å². The van der Waals surface area contributed by atoms with Gasteiger partial charge in [-0.1, -0.05) is 6.92 Å². The van der Waals surface area contributed by atoms with E-state index in [1.54, 1.807) is 0 Å². The van der Waals surface area contributed by atoms with Crippen molar-refractivity contribution in [3.8, 4) is 0 Å². The van der Waals surface area contributed by atoms with E-state index in [4.69, 9.17) is 4.42 Å². The number of fused-ring (bicyclic) bond motifs is 1. The van der Waals surface area contributed by atoms with Crippen LogP contribution in [0.15, 0.2) is 10.5 Å². The number of carbonyl (C=O) groups excluding carboxylic acids is 1. The van der Waals surface area contributed by atoms with Crippen molar-refractivity contribution >= 4 is 18.3 Å². The molecule has 118 valence electrons. The molecule has 5 heteroatoms. The van der Waals surface area contributed by atoms with Crippen LogP contribution >= 0.6 is 12.4 Å². The fourth-order valence-corrected chi connectivity index (χ4v) is 3.55. The molecule has 2 aliphatic heterocycles. The zero-order chi connectivity index (χ0) is 14.1. The molecule has 1 aromatic rings. The molecule has 1 N–H and O–H groups in total. The van der Waals surface area contributed by atoms with Crippen LogP contribution in [0.2, 0.25) is 0 Å². The second-order valence-electron chi connectivity index (χ2n) is 6.12. The number of hydrogen-bond donors (Lipinski definition) is 1. The topological polar surface area (TPSA) is 45.5 Å². The third-order valence-corrected chi connectivity index (χ3v) is 4.86. The van der Waals surface area contributed by atoms with Gasteiger partial charge in [-0.15, -0.1) is 12.4 Å². The number of amides is 1. The largest absolute Gasteiger partial charge is 0.456 e. The molecule has 21 heavy (non-hydrogen) atoms. The first-order valence-electron chi connectivity index (χ1n) is 7.78. The van der Waals surface area contributed by atoms with Crippen molar-refractivity contribution in [3.05, 3.63) is 23.2 Å². The molecule has 4 nitrogen and oxygen atoms in total. The quantitative estimate of drug-likeness (QED) is 0.913. The maximum atomic E-state index is 12.6. The van der Waals surface area contributed by atoms with Gasteiger partial charge in [-0.2, -0.15) is 0 Å². The van der Waals surface area contributed by atoms with Gasteiger partial charge in [0.15, 0.2) is 5.76 Å². The molecule has 3 heterocycles. The molecule has 0 aromatic carbocycles. The summed E-state index contributed by atoms with van der Waals surface area (Å²) >= 11 is 0. The first-order chi connectivity index (χ1) is 9.69. The first-order valence-corrected chi connectivity index (χ1v) is 7.78. The van der Waals surface area contributed by atoms with Gasteiger partial charge < -0.3 is 14.6 Å². The summed E-state index contributed by atoms with van der Waals surface area (Å²) < 4.78 is 5.71. The molecule has 0 bridgehead atoms. The molecule has 2 aliphatic rings. The number of rotatable bonds is 2. The Kier molecular flexibility index (Phi) is 5.33. The molecule has 1 aromatic heterocycles. The minimum absolute atomic E-state index is 0. The van der Waals surface area contributed by atoms with Crippen molar-refractivity contribution in [2.24, 2.45) is 11.8 Å². The second-order valence-corrected chi connectivity index (χ2v) is 6.12. The maximum Gasteiger partial charge on any atom is 0.289 e. The van der Waals surface area contributed by atoms with Crippen LogP contribution in [0.4, 0.5) is 0 Å². The third kappa shape index (κ3) is 3.27. The molecular formula is C16H25ClN2O2. The number of carbonyl (C=O) groups is 1. The molecule has 3 rings (SSSR count). The van der Waals surface area contributed by atoms with E-state index in [1.807, 2.05) is 17.9 Å². The van der Waals surface area contributed by atoms with Crippen molar-refractivity contribution in [1.82, 2.24) is 10.2 Å². The van der Waals surface area contributed by atoms with Crippen LogP contribution in [-0.4, -0.2) is 37.0 Å². The molecule has 2 atom stereocenters. The average Bonchev–Trinajstić information content (AvgIpc) is 3.00. The summed E-state index contributed by atoms with van der Waals surface area (Å²) in [7, 11) is 0. The number of nitrogens with zero attached hydrogens (tertiary/aromatic N) is 1. The Morgan fingerprint density at radius 2 is 1.95 bits per heavy atom. The molecule has 2 saturated heterocycles. The zero-order valence-electron chi connectivity index (χ0n) is 12.9. The van der Waals surface area contributed by atoms with Crippen LogP contribution < -0.4 is 5.32 Å². The van der Waals surface area contributed by atoms with Crippen LogP contribution in [0.5, 0.6) is 0 Å². The fraction of sp³-hybridized carbons (Fsp3) is 0.688. The summed E-state index contributed by atoms with van der Waals surface area (Å²) in [5, 5.41) is 3.46. The average molecular weight is 313 g/mol. The van der Waals surface area contributed by atoms with E-state index in [1.165, 1.54) is 0 Å². The Bertz CT molecular complexity index is 486. The Labute approximate surface area is 132 Å². The molecule has 2 fully saturated rings. The van der Waals surface area contributed by atoms with Gasteiger partial charge in [0.05, 0.1) is 0 Å². The van der Waals surface area contributed by atoms with Gasteiger partial charge in [0.2, 0.25) is 0 Å². The van der Waals surface area contributed by atoms with E-state index in [0.29, 0.717) is 5.76 Å². The predicted octanol–water partition coefficient (Wildman–Crippen LogP) is 2.64. The summed E-state index contributed by atoms with van der Waals surface area (Å²) in [4.78, 5) is 14.6. The number of aryl methyl sites for hydroxylation is 2. The van der Waals surface area contributed by atoms with E-state index >= 15 is 0 Å². The van der Waals surface area contributed by atoms with E-state index in [9.17, 15) is 4.79 Å². The van der Waals surface area contributed by atoms with E-state index < -0.39 is 0 Å². The number of nitrogens with one attached hydrogen (secondary N) is 1. The lowest BCUT2D eigenvalue weighted by molar-refractivity contribution is 0.0724.